The molecular weight excluding hydrogens is 338 g/mol. The van der Waals surface area contributed by atoms with Gasteiger partial charge in [0.1, 0.15) is 12.4 Å². The van der Waals surface area contributed by atoms with Crippen LogP contribution in [0.1, 0.15) is 5.56 Å². The van der Waals surface area contributed by atoms with Gasteiger partial charge in [-0.15, -0.1) is 0 Å². The van der Waals surface area contributed by atoms with E-state index in [2.05, 4.69) is 15.9 Å². The Bertz CT molecular complexity index is 802. The van der Waals surface area contributed by atoms with Crippen molar-refractivity contribution in [2.45, 2.75) is 6.61 Å². The predicted octanol–water partition coefficient (Wildman–Crippen LogP) is 5.46. The van der Waals surface area contributed by atoms with Gasteiger partial charge in [0.2, 0.25) is 0 Å². The third kappa shape index (κ3) is 2.90. The Morgan fingerprint density at radius 1 is 0.905 bits per heavy atom. The highest BCUT2D eigenvalue weighted by atomic mass is 79.9. The summed E-state index contributed by atoms with van der Waals surface area (Å²) in [6.45, 7) is 0.175. The van der Waals surface area contributed by atoms with E-state index >= 15 is 0 Å². The first-order valence-electron chi connectivity index (χ1n) is 6.39. The molecule has 0 spiro atoms. The fraction of sp³-hybridized carbons (Fsp3) is 0.0588. The SMILES string of the molecule is Fc1ccc(COc2ccc3ccccc3c2Br)cc1F. The molecule has 0 bridgehead atoms. The van der Waals surface area contributed by atoms with Crippen LogP contribution >= 0.6 is 15.9 Å². The third-order valence-corrected chi connectivity index (χ3v) is 4.02. The van der Waals surface area contributed by atoms with Crippen molar-refractivity contribution in [1.82, 2.24) is 0 Å². The molecule has 0 aliphatic heterocycles. The quantitative estimate of drug-likeness (QED) is 0.610. The lowest BCUT2D eigenvalue weighted by Crippen LogP contribution is -1.98. The second-order valence-corrected chi connectivity index (χ2v) is 5.43. The molecule has 3 rings (SSSR count). The van der Waals surface area contributed by atoms with Crippen molar-refractivity contribution in [1.29, 1.82) is 0 Å². The van der Waals surface area contributed by atoms with Crippen LogP contribution in [0.2, 0.25) is 0 Å². The molecule has 0 radical (unpaired) electrons. The lowest BCUT2D eigenvalue weighted by atomic mass is 10.1. The first-order valence-corrected chi connectivity index (χ1v) is 7.18. The number of hydrogen-bond donors (Lipinski definition) is 0. The molecule has 0 saturated heterocycles. The zero-order valence-electron chi connectivity index (χ0n) is 10.9. The van der Waals surface area contributed by atoms with Gasteiger partial charge in [0.15, 0.2) is 11.6 Å². The summed E-state index contributed by atoms with van der Waals surface area (Å²) < 4.78 is 32.6. The van der Waals surface area contributed by atoms with Crippen molar-refractivity contribution in [3.8, 4) is 5.75 Å². The molecule has 0 atom stereocenters. The minimum atomic E-state index is -0.867. The number of halogens is 3. The largest absolute Gasteiger partial charge is 0.488 e. The Balaban J connectivity index is 1.85. The maximum absolute atomic E-state index is 13.2. The molecule has 0 fully saturated rings. The van der Waals surface area contributed by atoms with Crippen molar-refractivity contribution in [2.75, 3.05) is 0 Å². The highest BCUT2D eigenvalue weighted by Crippen LogP contribution is 2.33. The van der Waals surface area contributed by atoms with Crippen LogP contribution in [-0.2, 0) is 6.61 Å². The Kier molecular flexibility index (Phi) is 3.88. The molecular formula is C17H11BrF2O. The van der Waals surface area contributed by atoms with Crippen LogP contribution in [-0.4, -0.2) is 0 Å². The van der Waals surface area contributed by atoms with Gasteiger partial charge in [0, 0.05) is 0 Å². The van der Waals surface area contributed by atoms with Gasteiger partial charge in [-0.25, -0.2) is 8.78 Å². The van der Waals surface area contributed by atoms with E-state index in [1.54, 1.807) is 0 Å². The normalized spacial score (nSPS) is 10.8. The number of fused-ring (bicyclic) bond motifs is 1. The van der Waals surface area contributed by atoms with Gasteiger partial charge in [-0.3, -0.25) is 0 Å². The molecule has 0 amide bonds. The van der Waals surface area contributed by atoms with Crippen molar-refractivity contribution in [2.24, 2.45) is 0 Å². The van der Waals surface area contributed by atoms with Crippen LogP contribution in [0.5, 0.6) is 5.75 Å². The molecule has 0 saturated carbocycles. The zero-order valence-corrected chi connectivity index (χ0v) is 12.5. The topological polar surface area (TPSA) is 9.23 Å². The monoisotopic (exact) mass is 348 g/mol. The van der Waals surface area contributed by atoms with E-state index in [-0.39, 0.29) is 6.61 Å². The number of hydrogen-bond acceptors (Lipinski definition) is 1. The maximum Gasteiger partial charge on any atom is 0.159 e. The Morgan fingerprint density at radius 3 is 2.52 bits per heavy atom. The van der Waals surface area contributed by atoms with Gasteiger partial charge in [-0.2, -0.15) is 0 Å². The van der Waals surface area contributed by atoms with Crippen LogP contribution in [0.4, 0.5) is 8.78 Å². The molecule has 0 heterocycles. The first kappa shape index (κ1) is 14.0. The average molecular weight is 349 g/mol. The summed E-state index contributed by atoms with van der Waals surface area (Å²) in [5.41, 5.74) is 0.578. The summed E-state index contributed by atoms with van der Waals surface area (Å²) in [6.07, 6.45) is 0. The van der Waals surface area contributed by atoms with E-state index in [1.807, 2.05) is 36.4 Å². The summed E-state index contributed by atoms with van der Waals surface area (Å²) in [4.78, 5) is 0. The highest BCUT2D eigenvalue weighted by molar-refractivity contribution is 9.10. The van der Waals surface area contributed by atoms with Crippen LogP contribution in [0.15, 0.2) is 59.1 Å². The molecule has 21 heavy (non-hydrogen) atoms. The van der Waals surface area contributed by atoms with Gasteiger partial charge in [0.05, 0.1) is 4.47 Å². The number of benzene rings is 3. The molecule has 4 heteroatoms. The summed E-state index contributed by atoms with van der Waals surface area (Å²) >= 11 is 3.52. The molecule has 0 unspecified atom stereocenters. The minimum Gasteiger partial charge on any atom is -0.488 e. The predicted molar refractivity (Wildman–Crippen MR) is 82.3 cm³/mol. The second kappa shape index (κ2) is 5.82. The fourth-order valence-electron chi connectivity index (χ4n) is 2.12. The number of rotatable bonds is 3. The van der Waals surface area contributed by atoms with Gasteiger partial charge in [-0.1, -0.05) is 36.4 Å². The van der Waals surface area contributed by atoms with E-state index in [0.29, 0.717) is 11.3 Å². The average Bonchev–Trinajstić information content (AvgIpc) is 2.50. The summed E-state index contributed by atoms with van der Waals surface area (Å²) in [5.74, 6) is -1.06. The summed E-state index contributed by atoms with van der Waals surface area (Å²) in [5, 5.41) is 2.14. The molecule has 0 N–H and O–H groups in total. The standard InChI is InChI=1S/C17H11BrF2O/c18-17-13-4-2-1-3-12(13)6-8-16(17)21-10-11-5-7-14(19)15(20)9-11/h1-9H,10H2. The van der Waals surface area contributed by atoms with Crippen molar-refractivity contribution >= 4 is 26.7 Å². The molecule has 1 nitrogen and oxygen atoms in total. The van der Waals surface area contributed by atoms with E-state index < -0.39 is 11.6 Å². The van der Waals surface area contributed by atoms with Gasteiger partial charge >= 0.3 is 0 Å². The summed E-state index contributed by atoms with van der Waals surface area (Å²) in [7, 11) is 0. The van der Waals surface area contributed by atoms with Crippen LogP contribution < -0.4 is 4.74 Å². The molecule has 0 aliphatic carbocycles. The lowest BCUT2D eigenvalue weighted by molar-refractivity contribution is 0.303. The van der Waals surface area contributed by atoms with Crippen LogP contribution in [0.25, 0.3) is 10.8 Å². The van der Waals surface area contributed by atoms with Gasteiger partial charge in [-0.05, 0) is 50.5 Å². The molecule has 0 aliphatic rings. The second-order valence-electron chi connectivity index (χ2n) is 4.64. The summed E-state index contributed by atoms with van der Waals surface area (Å²) in [6, 6.07) is 15.5. The fourth-order valence-corrected chi connectivity index (χ4v) is 2.72. The minimum absolute atomic E-state index is 0.175. The van der Waals surface area contributed by atoms with Gasteiger partial charge in [0.25, 0.3) is 0 Å². The van der Waals surface area contributed by atoms with Crippen LogP contribution in [0, 0.1) is 11.6 Å². The van der Waals surface area contributed by atoms with E-state index in [1.165, 1.54) is 6.07 Å². The molecule has 3 aromatic rings. The van der Waals surface area contributed by atoms with E-state index in [4.69, 9.17) is 4.74 Å². The smallest absolute Gasteiger partial charge is 0.159 e. The first-order chi connectivity index (χ1) is 10.1. The molecule has 106 valence electrons. The molecule has 3 aromatic carbocycles. The van der Waals surface area contributed by atoms with E-state index in [9.17, 15) is 8.78 Å². The Labute approximate surface area is 129 Å². The Hall–Kier alpha value is -1.94. The van der Waals surface area contributed by atoms with Crippen LogP contribution in [0.3, 0.4) is 0 Å². The van der Waals surface area contributed by atoms with Crippen molar-refractivity contribution < 1.29 is 13.5 Å². The lowest BCUT2D eigenvalue weighted by Gasteiger charge is -2.10. The highest BCUT2D eigenvalue weighted by Gasteiger charge is 2.07. The van der Waals surface area contributed by atoms with Gasteiger partial charge < -0.3 is 4.74 Å². The zero-order chi connectivity index (χ0) is 14.8. The van der Waals surface area contributed by atoms with Crippen molar-refractivity contribution in [3.63, 3.8) is 0 Å². The Morgan fingerprint density at radius 2 is 1.71 bits per heavy atom. The molecule has 0 aromatic heterocycles. The van der Waals surface area contributed by atoms with E-state index in [0.717, 1.165) is 27.4 Å². The maximum atomic E-state index is 13.2. The number of ether oxygens (including phenoxy) is 1. The van der Waals surface area contributed by atoms with Crippen molar-refractivity contribution in [3.05, 3.63) is 76.3 Å². The third-order valence-electron chi connectivity index (χ3n) is 3.21.